The molecule has 0 bridgehead atoms. The number of nitrogens with zero attached hydrogens (tertiary/aromatic N) is 2. The normalized spacial score (nSPS) is 10.5. The van der Waals surface area contributed by atoms with E-state index in [2.05, 4.69) is 25.0 Å². The van der Waals surface area contributed by atoms with Crippen LogP contribution in [-0.4, -0.2) is 9.78 Å². The Hall–Kier alpha value is -0.830. The first kappa shape index (κ1) is 8.27. The van der Waals surface area contributed by atoms with Crippen LogP contribution < -0.4 is 5.73 Å². The van der Waals surface area contributed by atoms with Gasteiger partial charge < -0.3 is 5.73 Å². The highest BCUT2D eigenvalue weighted by molar-refractivity contribution is 5.09. The molecule has 0 amide bonds. The van der Waals surface area contributed by atoms with Gasteiger partial charge in [-0.2, -0.15) is 5.10 Å². The minimum Gasteiger partial charge on any atom is -0.312 e. The number of nitrogens with two attached hydrogens (primary N) is 1. The smallest absolute Gasteiger partial charge is 0.0882 e. The van der Waals surface area contributed by atoms with Crippen LogP contribution in [0.4, 0.5) is 0 Å². The van der Waals surface area contributed by atoms with Gasteiger partial charge in [-0.1, -0.05) is 13.8 Å². The molecule has 0 radical (unpaired) electrons. The summed E-state index contributed by atoms with van der Waals surface area (Å²) < 4.78 is 1.86. The quantitative estimate of drug-likeness (QED) is 0.702. The highest BCUT2D eigenvalue weighted by Crippen LogP contribution is 2.04. The molecule has 1 heterocycles. The second-order valence-electron chi connectivity index (χ2n) is 2.52. The summed E-state index contributed by atoms with van der Waals surface area (Å²) in [4.78, 5) is 0. The lowest BCUT2D eigenvalue weighted by molar-refractivity contribution is 0.600. The molecule has 1 aromatic rings. The van der Waals surface area contributed by atoms with Gasteiger partial charge in [0, 0.05) is 5.69 Å². The van der Waals surface area contributed by atoms with Crippen molar-refractivity contribution in [2.75, 3.05) is 0 Å². The zero-order valence-electron chi connectivity index (χ0n) is 7.17. The van der Waals surface area contributed by atoms with E-state index in [4.69, 9.17) is 5.73 Å². The van der Waals surface area contributed by atoms with E-state index >= 15 is 0 Å². The Labute approximate surface area is 67.2 Å². The third-order valence-electron chi connectivity index (χ3n) is 1.81. The van der Waals surface area contributed by atoms with E-state index in [1.54, 1.807) is 0 Å². The summed E-state index contributed by atoms with van der Waals surface area (Å²) in [5, 5.41) is 4.31. The van der Waals surface area contributed by atoms with Gasteiger partial charge in [0.05, 0.1) is 12.4 Å². The average Bonchev–Trinajstić information content (AvgIpc) is 2.46. The highest BCUT2D eigenvalue weighted by atomic mass is 15.3. The lowest BCUT2D eigenvalue weighted by Gasteiger charge is -1.98. The Bertz CT molecular complexity index is 206. The summed E-state index contributed by atoms with van der Waals surface area (Å²) >= 11 is 0. The fraction of sp³-hybridized carbons (Fsp3) is 0.625. The molecule has 0 spiro atoms. The van der Waals surface area contributed by atoms with Crippen LogP contribution in [0.1, 0.15) is 25.2 Å². The van der Waals surface area contributed by atoms with Gasteiger partial charge in [-0.05, 0) is 18.9 Å². The van der Waals surface area contributed by atoms with Gasteiger partial charge in [-0.25, -0.2) is 0 Å². The van der Waals surface area contributed by atoms with E-state index < -0.39 is 0 Å². The minimum absolute atomic E-state index is 0.489. The van der Waals surface area contributed by atoms with Crippen molar-refractivity contribution in [2.45, 2.75) is 33.4 Å². The largest absolute Gasteiger partial charge is 0.312 e. The van der Waals surface area contributed by atoms with E-state index in [0.29, 0.717) is 6.67 Å². The fourth-order valence-corrected chi connectivity index (χ4v) is 1.13. The fourth-order valence-electron chi connectivity index (χ4n) is 1.13. The minimum atomic E-state index is 0.489. The van der Waals surface area contributed by atoms with Crippen LogP contribution in [0.5, 0.6) is 0 Å². The highest BCUT2D eigenvalue weighted by Gasteiger charge is 2.01. The maximum atomic E-state index is 5.49. The zero-order chi connectivity index (χ0) is 8.27. The molecule has 3 nitrogen and oxygen atoms in total. The number of hydrogen-bond donors (Lipinski definition) is 1. The lowest BCUT2D eigenvalue weighted by atomic mass is 10.3. The van der Waals surface area contributed by atoms with Gasteiger partial charge in [-0.15, -0.1) is 0 Å². The summed E-state index contributed by atoms with van der Waals surface area (Å²) in [5.74, 6) is 0. The monoisotopic (exact) mass is 153 g/mol. The molecule has 0 saturated carbocycles. The average molecular weight is 153 g/mol. The van der Waals surface area contributed by atoms with Crippen LogP contribution in [0.25, 0.3) is 0 Å². The summed E-state index contributed by atoms with van der Waals surface area (Å²) in [6.07, 6.45) is 1.99. The summed E-state index contributed by atoms with van der Waals surface area (Å²) in [6, 6.07) is 2.12. The number of hydrogen-bond acceptors (Lipinski definition) is 2. The first-order valence-corrected chi connectivity index (χ1v) is 4.07. The standard InChI is InChI=1S/C8H15N3/c1-3-7-5-8(4-2)11(6-9)10-7/h5H,3-4,6,9H2,1-2H3. The van der Waals surface area contributed by atoms with E-state index in [-0.39, 0.29) is 0 Å². The third kappa shape index (κ3) is 1.60. The predicted octanol–water partition coefficient (Wildman–Crippen LogP) is 0.924. The molecule has 1 rings (SSSR count). The number of rotatable bonds is 3. The van der Waals surface area contributed by atoms with Crippen molar-refractivity contribution < 1.29 is 0 Å². The summed E-state index contributed by atoms with van der Waals surface area (Å²) in [7, 11) is 0. The van der Waals surface area contributed by atoms with Crippen LogP contribution in [-0.2, 0) is 19.5 Å². The van der Waals surface area contributed by atoms with Crippen molar-refractivity contribution in [1.82, 2.24) is 9.78 Å². The Morgan fingerprint density at radius 3 is 2.55 bits per heavy atom. The Kier molecular flexibility index (Phi) is 2.65. The zero-order valence-corrected chi connectivity index (χ0v) is 7.17. The number of aromatic nitrogens is 2. The van der Waals surface area contributed by atoms with Gasteiger partial charge in [0.1, 0.15) is 0 Å². The van der Waals surface area contributed by atoms with Gasteiger partial charge >= 0.3 is 0 Å². The van der Waals surface area contributed by atoms with E-state index in [0.717, 1.165) is 18.5 Å². The SMILES string of the molecule is CCc1cc(CC)n(CN)n1. The van der Waals surface area contributed by atoms with Crippen molar-refractivity contribution in [1.29, 1.82) is 0 Å². The molecule has 0 saturated heterocycles. The molecule has 0 aliphatic carbocycles. The van der Waals surface area contributed by atoms with Crippen molar-refractivity contribution in [3.05, 3.63) is 17.5 Å². The molecule has 0 fully saturated rings. The molecule has 62 valence electrons. The van der Waals surface area contributed by atoms with Crippen molar-refractivity contribution >= 4 is 0 Å². The maximum absolute atomic E-state index is 5.49. The van der Waals surface area contributed by atoms with Crippen LogP contribution >= 0.6 is 0 Å². The van der Waals surface area contributed by atoms with E-state index in [1.165, 1.54) is 5.69 Å². The molecule has 11 heavy (non-hydrogen) atoms. The van der Waals surface area contributed by atoms with Gasteiger partial charge in [0.25, 0.3) is 0 Å². The second kappa shape index (κ2) is 3.53. The van der Waals surface area contributed by atoms with Crippen LogP contribution in [0.15, 0.2) is 6.07 Å². The van der Waals surface area contributed by atoms with Crippen molar-refractivity contribution in [3.63, 3.8) is 0 Å². The first-order chi connectivity index (χ1) is 5.31. The molecule has 1 aromatic heterocycles. The maximum Gasteiger partial charge on any atom is 0.0882 e. The molecule has 0 aromatic carbocycles. The molecular weight excluding hydrogens is 138 g/mol. The molecule has 0 aliphatic heterocycles. The van der Waals surface area contributed by atoms with Crippen LogP contribution in [0, 0.1) is 0 Å². The van der Waals surface area contributed by atoms with Gasteiger partial charge in [0.2, 0.25) is 0 Å². The summed E-state index contributed by atoms with van der Waals surface area (Å²) in [6.45, 7) is 4.70. The molecule has 3 heteroatoms. The van der Waals surface area contributed by atoms with E-state index in [9.17, 15) is 0 Å². The number of aryl methyl sites for hydroxylation is 2. The Morgan fingerprint density at radius 1 is 1.45 bits per heavy atom. The first-order valence-electron chi connectivity index (χ1n) is 4.07. The Balaban J connectivity index is 2.92. The molecule has 0 aliphatic rings. The van der Waals surface area contributed by atoms with Crippen molar-refractivity contribution in [3.8, 4) is 0 Å². The second-order valence-corrected chi connectivity index (χ2v) is 2.52. The topological polar surface area (TPSA) is 43.8 Å². The van der Waals surface area contributed by atoms with Crippen LogP contribution in [0.3, 0.4) is 0 Å². The lowest BCUT2D eigenvalue weighted by Crippen LogP contribution is -2.11. The van der Waals surface area contributed by atoms with Gasteiger partial charge in [0.15, 0.2) is 0 Å². The molecule has 0 atom stereocenters. The van der Waals surface area contributed by atoms with Crippen molar-refractivity contribution in [2.24, 2.45) is 5.73 Å². The third-order valence-corrected chi connectivity index (χ3v) is 1.81. The molecular formula is C8H15N3. The summed E-state index contributed by atoms with van der Waals surface area (Å²) in [5.41, 5.74) is 7.85. The Morgan fingerprint density at radius 2 is 2.18 bits per heavy atom. The predicted molar refractivity (Wildman–Crippen MR) is 45.2 cm³/mol. The molecule has 2 N–H and O–H groups in total. The van der Waals surface area contributed by atoms with E-state index in [1.807, 2.05) is 4.68 Å². The van der Waals surface area contributed by atoms with Gasteiger partial charge in [-0.3, -0.25) is 4.68 Å². The molecule has 0 unspecified atom stereocenters. The van der Waals surface area contributed by atoms with Crippen LogP contribution in [0.2, 0.25) is 0 Å².